The predicted octanol–water partition coefficient (Wildman–Crippen LogP) is 3.25. The summed E-state index contributed by atoms with van der Waals surface area (Å²) in [7, 11) is 1.55. The van der Waals surface area contributed by atoms with E-state index in [1.165, 1.54) is 17.9 Å². The smallest absolute Gasteiger partial charge is 0.294 e. The van der Waals surface area contributed by atoms with Gasteiger partial charge in [0.15, 0.2) is 11.6 Å². The molecule has 0 aliphatic carbocycles. The summed E-state index contributed by atoms with van der Waals surface area (Å²) in [5, 5.41) is 0. The van der Waals surface area contributed by atoms with Gasteiger partial charge < -0.3 is 4.90 Å². The highest BCUT2D eigenvalue weighted by Gasteiger charge is 2.46. The van der Waals surface area contributed by atoms with E-state index < -0.39 is 36.1 Å². The van der Waals surface area contributed by atoms with Crippen LogP contribution in [0.4, 0.5) is 27.6 Å². The van der Waals surface area contributed by atoms with Crippen LogP contribution < -0.4 is 15.8 Å². The summed E-state index contributed by atoms with van der Waals surface area (Å²) in [4.78, 5) is 5.11. The third kappa shape index (κ3) is 1.86. The zero-order valence-electron chi connectivity index (χ0n) is 14.7. The van der Waals surface area contributed by atoms with E-state index in [-0.39, 0.29) is 44.5 Å². The fourth-order valence-corrected chi connectivity index (χ4v) is 4.34. The van der Waals surface area contributed by atoms with E-state index in [4.69, 9.17) is 0 Å². The Hall–Kier alpha value is -3.10. The van der Waals surface area contributed by atoms with Gasteiger partial charge in [-0.25, -0.2) is 22.5 Å². The minimum absolute atomic E-state index is 0.0292. The third-order valence-electron chi connectivity index (χ3n) is 5.48. The molecule has 9 heteroatoms. The lowest BCUT2D eigenvalue weighted by molar-refractivity contribution is 0.515. The second-order valence-electron chi connectivity index (χ2n) is 6.91. The van der Waals surface area contributed by atoms with E-state index in [1.807, 2.05) is 0 Å². The Bertz CT molecular complexity index is 1270. The fraction of sp³-hybridized carbons (Fsp3) is 0.105. The van der Waals surface area contributed by atoms with Gasteiger partial charge in [-0.2, -0.15) is 4.39 Å². The van der Waals surface area contributed by atoms with Crippen LogP contribution in [-0.4, -0.2) is 23.3 Å². The molecule has 140 valence electrons. The number of anilines is 1. The van der Waals surface area contributed by atoms with Gasteiger partial charge in [0.2, 0.25) is 0 Å². The van der Waals surface area contributed by atoms with Crippen molar-refractivity contribution in [2.75, 3.05) is 11.9 Å². The highest BCUT2D eigenvalue weighted by atomic mass is 19.2. The zero-order chi connectivity index (χ0) is 20.1. The van der Waals surface area contributed by atoms with Crippen LogP contribution in [0.3, 0.4) is 0 Å². The third-order valence-corrected chi connectivity index (χ3v) is 5.48. The molecule has 0 saturated carbocycles. The summed E-state index contributed by atoms with van der Waals surface area (Å²) in [6.45, 7) is 3.92. The normalized spacial score (nSPS) is 16.8. The maximum atomic E-state index is 15.0. The molecule has 0 saturated heterocycles. The van der Waals surface area contributed by atoms with Crippen LogP contribution in [0.15, 0.2) is 41.8 Å². The fourth-order valence-electron chi connectivity index (χ4n) is 4.34. The van der Waals surface area contributed by atoms with Gasteiger partial charge >= 0.3 is 0 Å². The Kier molecular flexibility index (Phi) is 3.19. The minimum Gasteiger partial charge on any atom is -0.346 e. The van der Waals surface area contributed by atoms with Crippen molar-refractivity contribution in [2.45, 2.75) is 6.92 Å². The van der Waals surface area contributed by atoms with Crippen LogP contribution >= 0.6 is 0 Å². The maximum absolute atomic E-state index is 15.0. The summed E-state index contributed by atoms with van der Waals surface area (Å²) >= 11 is 0. The quantitative estimate of drug-likeness (QED) is 0.436. The number of allylic oxidation sites excluding steroid dienone is 2. The van der Waals surface area contributed by atoms with E-state index in [1.54, 1.807) is 7.05 Å². The number of nitrogens with zero attached hydrogens (tertiary/aromatic N) is 3. The Morgan fingerprint density at radius 1 is 1.07 bits per heavy atom. The number of hydrogen-bond acceptors (Lipinski definition) is 2. The summed E-state index contributed by atoms with van der Waals surface area (Å²) in [5.74, 6) is -3.76. The summed E-state index contributed by atoms with van der Waals surface area (Å²) < 4.78 is 73.8. The average molecular weight is 387 g/mol. The Morgan fingerprint density at radius 2 is 1.75 bits per heavy atom. The standard InChI is InChI=1S/C19H11BF5N3/c1-7(21)14-8(2)27(3)12-4-9(22)5-13-15(12)20(14)16-17(24)10(23)6-11-18(16)28(13)19(25)26-11/h4-6H,2H2,1,3H3/b14-7-. The largest absolute Gasteiger partial charge is 0.346 e. The molecule has 2 aromatic carbocycles. The number of benzene rings is 2. The monoisotopic (exact) mass is 387 g/mol. The molecule has 2 aliphatic rings. The first kappa shape index (κ1) is 17.0. The molecular weight excluding hydrogens is 376 g/mol. The minimum atomic E-state index is -1.23. The molecule has 28 heavy (non-hydrogen) atoms. The molecule has 3 aromatic rings. The molecule has 0 amide bonds. The molecule has 0 atom stereocenters. The van der Waals surface area contributed by atoms with Crippen LogP contribution in [0.25, 0.3) is 16.7 Å². The number of aromatic nitrogens is 2. The summed E-state index contributed by atoms with van der Waals surface area (Å²) in [5.41, 5.74) is 0.374. The average Bonchev–Trinajstić information content (AvgIpc) is 2.94. The van der Waals surface area contributed by atoms with Gasteiger partial charge in [-0.3, -0.25) is 4.57 Å². The summed E-state index contributed by atoms with van der Waals surface area (Å²) in [6.07, 6.45) is -1.04. The van der Waals surface area contributed by atoms with Crippen LogP contribution in [0.1, 0.15) is 6.92 Å². The Labute approximate surface area is 156 Å². The van der Waals surface area contributed by atoms with Crippen LogP contribution in [0.2, 0.25) is 0 Å². The van der Waals surface area contributed by atoms with Crippen LogP contribution in [0.5, 0.6) is 0 Å². The van der Waals surface area contributed by atoms with Gasteiger partial charge in [0.05, 0.1) is 22.5 Å². The van der Waals surface area contributed by atoms with Gasteiger partial charge in [-0.15, -0.1) is 0 Å². The molecular formula is C19H11BF5N3. The molecule has 3 heterocycles. The van der Waals surface area contributed by atoms with Crippen molar-refractivity contribution >= 4 is 34.4 Å². The number of imidazole rings is 1. The van der Waals surface area contributed by atoms with Gasteiger partial charge in [0.1, 0.15) is 5.82 Å². The lowest BCUT2D eigenvalue weighted by atomic mass is 9.32. The van der Waals surface area contributed by atoms with Crippen molar-refractivity contribution in [3.63, 3.8) is 0 Å². The topological polar surface area (TPSA) is 21.1 Å². The molecule has 1 aromatic heterocycles. The first-order valence-corrected chi connectivity index (χ1v) is 8.41. The van der Waals surface area contributed by atoms with Gasteiger partial charge in [-0.05, 0) is 35.5 Å². The lowest BCUT2D eigenvalue weighted by Crippen LogP contribution is -2.57. The zero-order valence-corrected chi connectivity index (χ0v) is 14.7. The van der Waals surface area contributed by atoms with Crippen molar-refractivity contribution in [3.8, 4) is 5.69 Å². The van der Waals surface area contributed by atoms with Crippen molar-refractivity contribution < 1.29 is 22.0 Å². The van der Waals surface area contributed by atoms with Gasteiger partial charge in [0.25, 0.3) is 12.8 Å². The first-order valence-electron chi connectivity index (χ1n) is 8.41. The molecule has 3 nitrogen and oxygen atoms in total. The lowest BCUT2D eigenvalue weighted by Gasteiger charge is -2.39. The second kappa shape index (κ2) is 5.24. The van der Waals surface area contributed by atoms with Crippen molar-refractivity contribution in [1.29, 1.82) is 0 Å². The molecule has 0 unspecified atom stereocenters. The SMILES string of the molecule is C=C1/C(=C(\C)F)B2c3c(cc(F)cc3-n3c(F)nc4cc(F)c(F)c2c43)N1C. The van der Waals surface area contributed by atoms with Crippen LogP contribution in [-0.2, 0) is 0 Å². The first-order chi connectivity index (χ1) is 13.2. The molecule has 2 aliphatic heterocycles. The number of hydrogen-bond donors (Lipinski definition) is 0. The highest BCUT2D eigenvalue weighted by Crippen LogP contribution is 2.38. The van der Waals surface area contributed by atoms with E-state index >= 15 is 0 Å². The van der Waals surface area contributed by atoms with Gasteiger partial charge in [0, 0.05) is 24.5 Å². The van der Waals surface area contributed by atoms with Crippen molar-refractivity contribution in [2.24, 2.45) is 0 Å². The molecule has 0 N–H and O–H groups in total. The van der Waals surface area contributed by atoms with Crippen LogP contribution in [0, 0.1) is 23.5 Å². The predicted molar refractivity (Wildman–Crippen MR) is 97.3 cm³/mol. The highest BCUT2D eigenvalue weighted by molar-refractivity contribution is 6.95. The molecule has 0 fully saturated rings. The maximum Gasteiger partial charge on any atom is 0.294 e. The number of likely N-dealkylation sites (N-methyl/N-ethyl adjacent to an activating group) is 1. The van der Waals surface area contributed by atoms with E-state index in [9.17, 15) is 22.0 Å². The molecule has 0 radical (unpaired) electrons. The van der Waals surface area contributed by atoms with E-state index in [2.05, 4.69) is 11.6 Å². The van der Waals surface area contributed by atoms with E-state index in [0.717, 1.165) is 16.7 Å². The van der Waals surface area contributed by atoms with Crippen molar-refractivity contribution in [1.82, 2.24) is 9.55 Å². The number of rotatable bonds is 0. The van der Waals surface area contributed by atoms with Crippen molar-refractivity contribution in [3.05, 3.63) is 65.3 Å². The molecule has 5 rings (SSSR count). The van der Waals surface area contributed by atoms with Gasteiger partial charge in [-0.1, -0.05) is 6.58 Å². The molecule has 0 spiro atoms. The molecule has 0 bridgehead atoms. The Balaban J connectivity index is 2.09. The second-order valence-corrected chi connectivity index (χ2v) is 6.91. The summed E-state index contributed by atoms with van der Waals surface area (Å²) in [6, 6.07) is 3.03. The Morgan fingerprint density at radius 3 is 2.43 bits per heavy atom. The number of halogens is 5. The van der Waals surface area contributed by atoms with E-state index in [0.29, 0.717) is 0 Å². The number of fused-ring (bicyclic) bond motifs is 2.